The summed E-state index contributed by atoms with van der Waals surface area (Å²) < 4.78 is 57.2. The van der Waals surface area contributed by atoms with Gasteiger partial charge in [0.1, 0.15) is 11.6 Å². The van der Waals surface area contributed by atoms with Crippen LogP contribution in [0.5, 0.6) is 17.2 Å². The van der Waals surface area contributed by atoms with Crippen LogP contribution in [0, 0.1) is 5.82 Å². The lowest BCUT2D eigenvalue weighted by Gasteiger charge is -2.25. The molecule has 146 valence electrons. The van der Waals surface area contributed by atoms with Crippen LogP contribution in [0.15, 0.2) is 41.3 Å². The van der Waals surface area contributed by atoms with Crippen LogP contribution in [-0.4, -0.2) is 46.4 Å². The van der Waals surface area contributed by atoms with E-state index in [1.54, 1.807) is 12.1 Å². The lowest BCUT2D eigenvalue weighted by Crippen LogP contribution is -2.30. The lowest BCUT2D eigenvalue weighted by molar-refractivity contribution is 0.344. The monoisotopic (exact) mass is 413 g/mol. The van der Waals surface area contributed by atoms with Gasteiger partial charge in [0, 0.05) is 23.9 Å². The number of rotatable bonds is 6. The first-order valence-electron chi connectivity index (χ1n) is 8.11. The summed E-state index contributed by atoms with van der Waals surface area (Å²) in [7, 11) is 0.663. The van der Waals surface area contributed by atoms with Gasteiger partial charge in [0.2, 0.25) is 10.0 Å². The largest absolute Gasteiger partial charge is 0.496 e. The van der Waals surface area contributed by atoms with Crippen LogP contribution in [0.2, 0.25) is 0 Å². The molecule has 2 aromatic rings. The third-order valence-electron chi connectivity index (χ3n) is 4.25. The van der Waals surface area contributed by atoms with Crippen molar-refractivity contribution in [3.63, 3.8) is 0 Å². The summed E-state index contributed by atoms with van der Waals surface area (Å²) >= 11 is 1.47. The van der Waals surface area contributed by atoms with Gasteiger partial charge in [-0.2, -0.15) is 4.31 Å². The summed E-state index contributed by atoms with van der Waals surface area (Å²) in [5.41, 5.74) is 0.651. The van der Waals surface area contributed by atoms with E-state index in [0.29, 0.717) is 35.1 Å². The van der Waals surface area contributed by atoms with Crippen molar-refractivity contribution in [2.24, 2.45) is 0 Å². The molecule has 0 bridgehead atoms. The SMILES string of the molecule is COc1cc(OC)c(C2SCCN2S(=O)(=O)c2cccc(F)c2)cc1OC. The molecule has 0 spiro atoms. The number of hydrogen-bond donors (Lipinski definition) is 0. The molecule has 0 aliphatic carbocycles. The highest BCUT2D eigenvalue weighted by Crippen LogP contribution is 2.47. The average Bonchev–Trinajstić information content (AvgIpc) is 3.17. The third kappa shape index (κ3) is 3.71. The minimum absolute atomic E-state index is 0.0746. The fourth-order valence-corrected chi connectivity index (χ4v) is 6.23. The van der Waals surface area contributed by atoms with E-state index in [2.05, 4.69) is 0 Å². The first-order valence-corrected chi connectivity index (χ1v) is 10.6. The summed E-state index contributed by atoms with van der Waals surface area (Å²) in [5, 5.41) is -0.520. The topological polar surface area (TPSA) is 65.1 Å². The second-order valence-corrected chi connectivity index (χ2v) is 8.82. The molecule has 9 heteroatoms. The third-order valence-corrected chi connectivity index (χ3v) is 7.49. The van der Waals surface area contributed by atoms with Crippen LogP contribution in [0.25, 0.3) is 0 Å². The van der Waals surface area contributed by atoms with Gasteiger partial charge in [-0.05, 0) is 24.3 Å². The van der Waals surface area contributed by atoms with Gasteiger partial charge in [-0.1, -0.05) is 6.07 Å². The Labute approximate surface area is 162 Å². The van der Waals surface area contributed by atoms with E-state index < -0.39 is 21.2 Å². The number of ether oxygens (including phenoxy) is 3. The summed E-state index contributed by atoms with van der Waals surface area (Å²) in [6, 6.07) is 8.41. The number of nitrogens with zero attached hydrogens (tertiary/aromatic N) is 1. The van der Waals surface area contributed by atoms with Crippen LogP contribution in [0.1, 0.15) is 10.9 Å². The molecule has 3 rings (SSSR count). The quantitative estimate of drug-likeness (QED) is 0.724. The second-order valence-electron chi connectivity index (χ2n) is 5.75. The van der Waals surface area contributed by atoms with Crippen LogP contribution >= 0.6 is 11.8 Å². The Morgan fingerprint density at radius 2 is 1.70 bits per heavy atom. The minimum atomic E-state index is -3.87. The molecular weight excluding hydrogens is 393 g/mol. The zero-order valence-electron chi connectivity index (χ0n) is 15.1. The molecule has 1 aliphatic heterocycles. The first kappa shape index (κ1) is 19.8. The highest BCUT2D eigenvalue weighted by atomic mass is 32.2. The molecule has 27 heavy (non-hydrogen) atoms. The van der Waals surface area contributed by atoms with Gasteiger partial charge in [0.15, 0.2) is 11.5 Å². The first-order chi connectivity index (χ1) is 12.9. The molecule has 6 nitrogen and oxygen atoms in total. The van der Waals surface area contributed by atoms with Crippen LogP contribution in [0.3, 0.4) is 0 Å². The Morgan fingerprint density at radius 1 is 1.04 bits per heavy atom. The Bertz CT molecular complexity index is 935. The summed E-state index contributed by atoms with van der Waals surface area (Å²) in [4.78, 5) is -0.0746. The van der Waals surface area contributed by atoms with Crippen molar-refractivity contribution >= 4 is 21.8 Å². The number of benzene rings is 2. The Hall–Kier alpha value is -1.97. The predicted octanol–water partition coefficient (Wildman–Crippen LogP) is 3.29. The molecule has 1 atom stereocenters. The highest BCUT2D eigenvalue weighted by molar-refractivity contribution is 8.01. The van der Waals surface area contributed by atoms with Gasteiger partial charge < -0.3 is 14.2 Å². The number of halogens is 1. The van der Waals surface area contributed by atoms with Crippen molar-refractivity contribution < 1.29 is 27.0 Å². The van der Waals surface area contributed by atoms with E-state index in [-0.39, 0.29) is 4.90 Å². The molecule has 2 aromatic carbocycles. The molecule has 0 amide bonds. The van der Waals surface area contributed by atoms with E-state index >= 15 is 0 Å². The van der Waals surface area contributed by atoms with Crippen molar-refractivity contribution in [2.45, 2.75) is 10.3 Å². The number of hydrogen-bond acceptors (Lipinski definition) is 6. The molecule has 0 saturated carbocycles. The molecule has 1 unspecified atom stereocenters. The fourth-order valence-electron chi connectivity index (χ4n) is 2.95. The number of sulfonamides is 1. The van der Waals surface area contributed by atoms with Gasteiger partial charge >= 0.3 is 0 Å². The van der Waals surface area contributed by atoms with Crippen molar-refractivity contribution in [3.8, 4) is 17.2 Å². The fraction of sp³-hybridized carbons (Fsp3) is 0.333. The molecule has 1 heterocycles. The van der Waals surface area contributed by atoms with E-state index in [1.165, 1.54) is 55.6 Å². The second kappa shape index (κ2) is 7.95. The highest BCUT2D eigenvalue weighted by Gasteiger charge is 2.39. The molecule has 0 N–H and O–H groups in total. The summed E-state index contributed by atoms with van der Waals surface area (Å²) in [6.07, 6.45) is 0. The van der Waals surface area contributed by atoms with E-state index in [4.69, 9.17) is 14.2 Å². The normalized spacial score (nSPS) is 17.7. The number of thioether (sulfide) groups is 1. The zero-order chi connectivity index (χ0) is 19.6. The molecule has 1 saturated heterocycles. The van der Waals surface area contributed by atoms with Crippen LogP contribution < -0.4 is 14.2 Å². The Balaban J connectivity index is 2.07. The average molecular weight is 413 g/mol. The predicted molar refractivity (Wildman–Crippen MR) is 102 cm³/mol. The van der Waals surface area contributed by atoms with Gasteiger partial charge in [-0.25, -0.2) is 12.8 Å². The van der Waals surface area contributed by atoms with Crippen molar-refractivity contribution in [2.75, 3.05) is 33.6 Å². The van der Waals surface area contributed by atoms with Crippen molar-refractivity contribution in [1.29, 1.82) is 0 Å². The molecular formula is C18H20FNO5S2. The Morgan fingerprint density at radius 3 is 2.33 bits per heavy atom. The zero-order valence-corrected chi connectivity index (χ0v) is 16.8. The standard InChI is InChI=1S/C18H20FNO5S2/c1-23-15-11-17(25-3)16(24-2)10-14(15)18-20(7-8-26-18)27(21,22)13-6-4-5-12(19)9-13/h4-6,9-11,18H,7-8H2,1-3H3. The number of methoxy groups -OCH3 is 3. The minimum Gasteiger partial charge on any atom is -0.496 e. The van der Waals surface area contributed by atoms with Crippen molar-refractivity contribution in [1.82, 2.24) is 4.31 Å². The maximum absolute atomic E-state index is 13.6. The van der Waals surface area contributed by atoms with Gasteiger partial charge in [-0.15, -0.1) is 11.8 Å². The summed E-state index contributed by atoms with van der Waals surface area (Å²) in [5.74, 6) is 1.47. The molecule has 1 fully saturated rings. The summed E-state index contributed by atoms with van der Waals surface area (Å²) in [6.45, 7) is 0.311. The van der Waals surface area contributed by atoms with Crippen LogP contribution in [0.4, 0.5) is 4.39 Å². The van der Waals surface area contributed by atoms with Gasteiger partial charge in [0.25, 0.3) is 0 Å². The van der Waals surface area contributed by atoms with E-state index in [9.17, 15) is 12.8 Å². The van der Waals surface area contributed by atoms with Crippen molar-refractivity contribution in [3.05, 3.63) is 47.8 Å². The molecule has 1 aliphatic rings. The maximum Gasteiger partial charge on any atom is 0.244 e. The van der Waals surface area contributed by atoms with E-state index in [0.717, 1.165) is 6.07 Å². The van der Waals surface area contributed by atoms with Gasteiger partial charge in [0.05, 0.1) is 31.6 Å². The molecule has 0 radical (unpaired) electrons. The smallest absolute Gasteiger partial charge is 0.244 e. The maximum atomic E-state index is 13.6. The van der Waals surface area contributed by atoms with Gasteiger partial charge in [-0.3, -0.25) is 0 Å². The van der Waals surface area contributed by atoms with E-state index in [1.807, 2.05) is 0 Å². The molecule has 0 aromatic heterocycles. The Kier molecular flexibility index (Phi) is 5.83. The van der Waals surface area contributed by atoms with Crippen LogP contribution in [-0.2, 0) is 10.0 Å². The lowest BCUT2D eigenvalue weighted by atomic mass is 10.1.